The number of rotatable bonds is 2. The molecule has 0 spiro atoms. The fraction of sp³-hybridized carbons (Fsp3) is 0.500. The van der Waals surface area contributed by atoms with Crippen molar-refractivity contribution in [2.24, 2.45) is 9.98 Å². The van der Waals surface area contributed by atoms with Crippen LogP contribution in [-0.4, -0.2) is 31.2 Å². The van der Waals surface area contributed by atoms with Crippen molar-refractivity contribution >= 4 is 18.5 Å². The Balaban J connectivity index is 2.42. The largest absolute Gasteiger partial charge is 0.464 e. The molecule has 0 aromatic rings. The molecule has 0 radical (unpaired) electrons. The Labute approximate surface area is 58.6 Å². The second-order valence-corrected chi connectivity index (χ2v) is 1.76. The number of carbonyl (C=O) groups excluding carboxylic acids is 1. The van der Waals surface area contributed by atoms with E-state index in [0.717, 1.165) is 0 Å². The van der Waals surface area contributed by atoms with Gasteiger partial charge in [-0.3, -0.25) is 4.99 Å². The van der Waals surface area contributed by atoms with Crippen molar-refractivity contribution in [3.8, 4) is 0 Å². The summed E-state index contributed by atoms with van der Waals surface area (Å²) in [6.45, 7) is 2.15. The molecule has 0 bridgehead atoms. The van der Waals surface area contributed by atoms with Crippen LogP contribution < -0.4 is 0 Å². The highest BCUT2D eigenvalue weighted by molar-refractivity contribution is 6.00. The van der Waals surface area contributed by atoms with Crippen molar-refractivity contribution in [2.75, 3.05) is 6.61 Å². The van der Waals surface area contributed by atoms with Crippen molar-refractivity contribution in [1.29, 1.82) is 0 Å². The number of ether oxygens (including phenoxy) is 1. The van der Waals surface area contributed by atoms with E-state index in [1.54, 1.807) is 6.92 Å². The fourth-order valence-corrected chi connectivity index (χ4v) is 0.618. The predicted molar refractivity (Wildman–Crippen MR) is 37.4 cm³/mol. The molecule has 1 aliphatic rings. The molecule has 1 unspecified atom stereocenters. The number of carbonyl (C=O) groups is 1. The molecule has 4 nitrogen and oxygen atoms in total. The average Bonchev–Trinajstić information content (AvgIpc) is 2.38. The summed E-state index contributed by atoms with van der Waals surface area (Å²) in [5.41, 5.74) is 0. The Bertz CT molecular complexity index is 174. The van der Waals surface area contributed by atoms with E-state index in [4.69, 9.17) is 0 Å². The van der Waals surface area contributed by atoms with Crippen molar-refractivity contribution in [3.05, 3.63) is 0 Å². The molecule has 0 amide bonds. The molecule has 1 aliphatic heterocycles. The van der Waals surface area contributed by atoms with E-state index >= 15 is 0 Å². The molecular formula is C6H8N2O2. The molecule has 0 N–H and O–H groups in total. The lowest BCUT2D eigenvalue weighted by atomic mass is 10.3. The second kappa shape index (κ2) is 3.10. The quantitative estimate of drug-likeness (QED) is 0.508. The van der Waals surface area contributed by atoms with Crippen LogP contribution in [0.1, 0.15) is 6.92 Å². The predicted octanol–water partition coefficient (Wildman–Crippen LogP) is 0.0308. The van der Waals surface area contributed by atoms with Crippen LogP contribution in [0.3, 0.4) is 0 Å². The van der Waals surface area contributed by atoms with E-state index < -0.39 is 6.04 Å². The Morgan fingerprint density at radius 2 is 2.60 bits per heavy atom. The monoisotopic (exact) mass is 140 g/mol. The Morgan fingerprint density at radius 1 is 1.80 bits per heavy atom. The van der Waals surface area contributed by atoms with E-state index in [9.17, 15) is 4.79 Å². The molecule has 10 heavy (non-hydrogen) atoms. The zero-order valence-electron chi connectivity index (χ0n) is 5.65. The summed E-state index contributed by atoms with van der Waals surface area (Å²) >= 11 is 0. The Kier molecular flexibility index (Phi) is 2.15. The summed E-state index contributed by atoms with van der Waals surface area (Å²) < 4.78 is 4.68. The normalized spacial score (nSPS) is 21.5. The SMILES string of the molecule is CCOC(=O)C1C=NC=N1. The van der Waals surface area contributed by atoms with Crippen LogP contribution in [0, 0.1) is 0 Å². The number of hydrogen-bond donors (Lipinski definition) is 0. The zero-order valence-corrected chi connectivity index (χ0v) is 5.65. The summed E-state index contributed by atoms with van der Waals surface area (Å²) in [5.74, 6) is -0.333. The van der Waals surface area contributed by atoms with Gasteiger partial charge in [-0.2, -0.15) is 0 Å². The van der Waals surface area contributed by atoms with Gasteiger partial charge in [0, 0.05) is 6.21 Å². The van der Waals surface area contributed by atoms with E-state index in [1.807, 2.05) is 0 Å². The summed E-state index contributed by atoms with van der Waals surface area (Å²) in [4.78, 5) is 18.2. The molecule has 4 heteroatoms. The Morgan fingerprint density at radius 3 is 3.10 bits per heavy atom. The molecule has 0 saturated heterocycles. The standard InChI is InChI=1S/C6H8N2O2/c1-2-10-6(9)5-3-7-4-8-5/h3-5H,2H2,1H3. The number of hydrogen-bond acceptors (Lipinski definition) is 4. The minimum absolute atomic E-state index is 0.333. The van der Waals surface area contributed by atoms with Gasteiger partial charge in [-0.15, -0.1) is 0 Å². The number of aliphatic imine (C=N–C) groups is 2. The molecule has 0 aromatic heterocycles. The van der Waals surface area contributed by atoms with E-state index in [1.165, 1.54) is 12.6 Å². The van der Waals surface area contributed by atoms with Crippen LogP contribution in [-0.2, 0) is 9.53 Å². The number of esters is 1. The molecular weight excluding hydrogens is 132 g/mol. The molecule has 54 valence electrons. The van der Waals surface area contributed by atoms with Crippen LogP contribution in [0.15, 0.2) is 9.98 Å². The van der Waals surface area contributed by atoms with E-state index in [0.29, 0.717) is 6.61 Å². The highest BCUT2D eigenvalue weighted by Gasteiger charge is 2.16. The van der Waals surface area contributed by atoms with Gasteiger partial charge < -0.3 is 4.74 Å². The molecule has 0 aromatic carbocycles. The first-order chi connectivity index (χ1) is 4.84. The summed E-state index contributed by atoms with van der Waals surface area (Å²) in [7, 11) is 0. The van der Waals surface area contributed by atoms with Gasteiger partial charge in [0.05, 0.1) is 6.61 Å². The average molecular weight is 140 g/mol. The first-order valence-electron chi connectivity index (χ1n) is 3.06. The molecule has 1 heterocycles. The van der Waals surface area contributed by atoms with Gasteiger partial charge >= 0.3 is 5.97 Å². The van der Waals surface area contributed by atoms with Gasteiger partial charge in [0.25, 0.3) is 0 Å². The minimum atomic E-state index is -0.500. The molecule has 1 atom stereocenters. The van der Waals surface area contributed by atoms with Gasteiger partial charge in [-0.1, -0.05) is 0 Å². The van der Waals surface area contributed by atoms with E-state index in [-0.39, 0.29) is 5.97 Å². The van der Waals surface area contributed by atoms with Gasteiger partial charge in [0.1, 0.15) is 6.34 Å². The summed E-state index contributed by atoms with van der Waals surface area (Å²) in [5, 5.41) is 0. The summed E-state index contributed by atoms with van der Waals surface area (Å²) in [6.07, 6.45) is 2.81. The lowest BCUT2D eigenvalue weighted by Gasteiger charge is -2.01. The third-order valence-electron chi connectivity index (χ3n) is 1.05. The topological polar surface area (TPSA) is 51.0 Å². The van der Waals surface area contributed by atoms with Crippen LogP contribution in [0.5, 0.6) is 0 Å². The van der Waals surface area contributed by atoms with Crippen molar-refractivity contribution in [3.63, 3.8) is 0 Å². The highest BCUT2D eigenvalue weighted by Crippen LogP contribution is 1.95. The smallest absolute Gasteiger partial charge is 0.336 e. The second-order valence-electron chi connectivity index (χ2n) is 1.76. The molecule has 0 fully saturated rings. The van der Waals surface area contributed by atoms with Crippen LogP contribution in [0.25, 0.3) is 0 Å². The van der Waals surface area contributed by atoms with Crippen LogP contribution in [0.2, 0.25) is 0 Å². The number of nitrogens with zero attached hydrogens (tertiary/aromatic N) is 2. The van der Waals surface area contributed by atoms with Gasteiger partial charge in [-0.25, -0.2) is 9.79 Å². The van der Waals surface area contributed by atoms with E-state index in [2.05, 4.69) is 14.7 Å². The third kappa shape index (κ3) is 1.40. The third-order valence-corrected chi connectivity index (χ3v) is 1.05. The van der Waals surface area contributed by atoms with Crippen molar-refractivity contribution < 1.29 is 9.53 Å². The van der Waals surface area contributed by atoms with Crippen LogP contribution >= 0.6 is 0 Å². The fourth-order valence-electron chi connectivity index (χ4n) is 0.618. The van der Waals surface area contributed by atoms with Crippen LogP contribution in [0.4, 0.5) is 0 Å². The summed E-state index contributed by atoms with van der Waals surface area (Å²) in [6, 6.07) is -0.500. The van der Waals surface area contributed by atoms with Gasteiger partial charge in [0.15, 0.2) is 6.04 Å². The lowest BCUT2D eigenvalue weighted by molar-refractivity contribution is -0.142. The Hall–Kier alpha value is -1.19. The zero-order chi connectivity index (χ0) is 7.40. The minimum Gasteiger partial charge on any atom is -0.464 e. The van der Waals surface area contributed by atoms with Gasteiger partial charge in [-0.05, 0) is 6.92 Å². The molecule has 0 saturated carbocycles. The van der Waals surface area contributed by atoms with Gasteiger partial charge in [0.2, 0.25) is 0 Å². The first kappa shape index (κ1) is 6.92. The highest BCUT2D eigenvalue weighted by atomic mass is 16.5. The first-order valence-corrected chi connectivity index (χ1v) is 3.06. The van der Waals surface area contributed by atoms with Crippen molar-refractivity contribution in [1.82, 2.24) is 0 Å². The molecule has 0 aliphatic carbocycles. The maximum atomic E-state index is 10.8. The van der Waals surface area contributed by atoms with Crippen molar-refractivity contribution in [2.45, 2.75) is 13.0 Å². The maximum Gasteiger partial charge on any atom is 0.336 e. The lowest BCUT2D eigenvalue weighted by Crippen LogP contribution is -2.20. The molecule has 1 rings (SSSR count). The maximum absolute atomic E-state index is 10.8.